The van der Waals surface area contributed by atoms with Crippen LogP contribution in [0.15, 0.2) is 18.2 Å². The maximum Gasteiger partial charge on any atom is 0.573 e. The van der Waals surface area contributed by atoms with E-state index in [4.69, 9.17) is 11.6 Å². The molecule has 0 fully saturated rings. The van der Waals surface area contributed by atoms with E-state index in [0.29, 0.717) is 9.13 Å². The third kappa shape index (κ3) is 3.20. The Labute approximate surface area is 97.3 Å². The Balaban J connectivity index is 2.98. The zero-order valence-corrected chi connectivity index (χ0v) is 9.65. The highest BCUT2D eigenvalue weighted by atomic mass is 127. The molecule has 14 heavy (non-hydrogen) atoms. The minimum atomic E-state index is -4.66. The van der Waals surface area contributed by atoms with E-state index in [0.717, 1.165) is 0 Å². The Kier molecular flexibility index (Phi) is 3.88. The van der Waals surface area contributed by atoms with E-state index in [-0.39, 0.29) is 11.6 Å². The predicted molar refractivity (Wildman–Crippen MR) is 55.4 cm³/mol. The summed E-state index contributed by atoms with van der Waals surface area (Å²) >= 11 is 7.31. The number of ether oxygens (including phenoxy) is 1. The van der Waals surface area contributed by atoms with Gasteiger partial charge in [-0.2, -0.15) is 0 Å². The van der Waals surface area contributed by atoms with Crippen LogP contribution in [0.5, 0.6) is 5.75 Å². The summed E-state index contributed by atoms with van der Waals surface area (Å²) in [5.41, 5.74) is 0.619. The molecule has 78 valence electrons. The maximum atomic E-state index is 11.9. The topological polar surface area (TPSA) is 9.23 Å². The number of alkyl halides is 4. The van der Waals surface area contributed by atoms with Gasteiger partial charge in [0.05, 0.1) is 3.57 Å². The molecule has 6 heteroatoms. The van der Waals surface area contributed by atoms with Gasteiger partial charge in [-0.3, -0.25) is 0 Å². The van der Waals surface area contributed by atoms with Crippen molar-refractivity contribution in [1.29, 1.82) is 0 Å². The van der Waals surface area contributed by atoms with Gasteiger partial charge in [0.15, 0.2) is 0 Å². The van der Waals surface area contributed by atoms with Crippen LogP contribution in [0.1, 0.15) is 5.56 Å². The molecule has 0 saturated carbocycles. The van der Waals surface area contributed by atoms with Crippen molar-refractivity contribution in [3.05, 3.63) is 27.3 Å². The fourth-order valence-corrected chi connectivity index (χ4v) is 1.97. The van der Waals surface area contributed by atoms with Crippen molar-refractivity contribution >= 4 is 34.2 Å². The summed E-state index contributed by atoms with van der Waals surface area (Å²) < 4.78 is 39.9. The van der Waals surface area contributed by atoms with Gasteiger partial charge >= 0.3 is 6.36 Å². The lowest BCUT2D eigenvalue weighted by molar-refractivity contribution is -0.274. The van der Waals surface area contributed by atoms with Crippen LogP contribution in [0.4, 0.5) is 13.2 Å². The number of rotatable bonds is 2. The van der Waals surface area contributed by atoms with Crippen LogP contribution in [0.2, 0.25) is 0 Å². The van der Waals surface area contributed by atoms with Crippen LogP contribution < -0.4 is 4.74 Å². The monoisotopic (exact) mass is 336 g/mol. The molecule has 0 aliphatic rings. The Morgan fingerprint density at radius 2 is 2.00 bits per heavy atom. The van der Waals surface area contributed by atoms with Crippen molar-refractivity contribution < 1.29 is 17.9 Å². The van der Waals surface area contributed by atoms with Crippen LogP contribution in [-0.2, 0) is 5.88 Å². The Morgan fingerprint density at radius 1 is 1.36 bits per heavy atom. The molecular formula is C8H5ClF3IO. The first-order valence-electron chi connectivity index (χ1n) is 3.53. The van der Waals surface area contributed by atoms with Crippen molar-refractivity contribution in [2.75, 3.05) is 0 Å². The van der Waals surface area contributed by atoms with Gasteiger partial charge in [-0.15, -0.1) is 24.8 Å². The lowest BCUT2D eigenvalue weighted by atomic mass is 10.2. The average Bonchev–Trinajstić information content (AvgIpc) is 2.06. The lowest BCUT2D eigenvalue weighted by Crippen LogP contribution is -2.18. The van der Waals surface area contributed by atoms with E-state index in [2.05, 4.69) is 4.74 Å². The smallest absolute Gasteiger partial charge is 0.405 e. The van der Waals surface area contributed by atoms with Gasteiger partial charge < -0.3 is 4.74 Å². The van der Waals surface area contributed by atoms with E-state index >= 15 is 0 Å². The molecule has 0 aliphatic heterocycles. The molecule has 0 aliphatic carbocycles. The van der Waals surface area contributed by atoms with Crippen molar-refractivity contribution in [3.63, 3.8) is 0 Å². The number of hydrogen-bond donors (Lipinski definition) is 0. The molecule has 0 saturated heterocycles. The third-order valence-electron chi connectivity index (χ3n) is 1.41. The second-order valence-electron chi connectivity index (χ2n) is 2.41. The van der Waals surface area contributed by atoms with Gasteiger partial charge in [0.2, 0.25) is 0 Å². The van der Waals surface area contributed by atoms with Crippen molar-refractivity contribution in [3.8, 4) is 5.75 Å². The SMILES string of the molecule is FC(F)(F)Oc1cccc(CCl)c1I. The first-order chi connectivity index (χ1) is 6.44. The van der Waals surface area contributed by atoms with Gasteiger partial charge in [0.1, 0.15) is 5.75 Å². The highest BCUT2D eigenvalue weighted by molar-refractivity contribution is 14.1. The van der Waals surface area contributed by atoms with E-state index in [1.54, 1.807) is 28.7 Å². The molecule has 0 unspecified atom stereocenters. The molecular weight excluding hydrogens is 331 g/mol. The molecule has 0 N–H and O–H groups in total. The van der Waals surface area contributed by atoms with E-state index < -0.39 is 6.36 Å². The lowest BCUT2D eigenvalue weighted by Gasteiger charge is -2.11. The number of hydrogen-bond acceptors (Lipinski definition) is 1. The van der Waals surface area contributed by atoms with Gasteiger partial charge in [-0.1, -0.05) is 12.1 Å². The van der Waals surface area contributed by atoms with Crippen LogP contribution in [0, 0.1) is 3.57 Å². The highest BCUT2D eigenvalue weighted by Crippen LogP contribution is 2.30. The van der Waals surface area contributed by atoms with Crippen molar-refractivity contribution in [2.24, 2.45) is 0 Å². The molecule has 0 spiro atoms. The summed E-state index contributed by atoms with van der Waals surface area (Å²) in [4.78, 5) is 0. The molecule has 1 aromatic carbocycles. The zero-order valence-electron chi connectivity index (χ0n) is 6.74. The Bertz CT molecular complexity index is 327. The third-order valence-corrected chi connectivity index (χ3v) is 2.93. The summed E-state index contributed by atoms with van der Waals surface area (Å²) in [7, 11) is 0. The summed E-state index contributed by atoms with van der Waals surface area (Å²) in [6.45, 7) is 0. The second kappa shape index (κ2) is 4.57. The summed E-state index contributed by atoms with van der Waals surface area (Å²) in [5.74, 6) is -0.0518. The van der Waals surface area contributed by atoms with Crippen molar-refractivity contribution in [1.82, 2.24) is 0 Å². The molecule has 1 nitrogen and oxygen atoms in total. The Morgan fingerprint density at radius 3 is 2.50 bits per heavy atom. The van der Waals surface area contributed by atoms with Gasteiger partial charge in [0, 0.05) is 5.88 Å². The first kappa shape index (κ1) is 11.9. The van der Waals surface area contributed by atoms with Gasteiger partial charge in [-0.25, -0.2) is 0 Å². The highest BCUT2D eigenvalue weighted by Gasteiger charge is 2.32. The summed E-state index contributed by atoms with van der Waals surface area (Å²) in [5, 5.41) is 0. The quantitative estimate of drug-likeness (QED) is 0.587. The zero-order chi connectivity index (χ0) is 10.8. The van der Waals surface area contributed by atoms with Crippen LogP contribution in [-0.4, -0.2) is 6.36 Å². The Hall–Kier alpha value is -0.170. The summed E-state index contributed by atoms with van der Waals surface area (Å²) in [6.07, 6.45) is -4.66. The second-order valence-corrected chi connectivity index (χ2v) is 3.76. The molecule has 0 atom stereocenters. The predicted octanol–water partition coefficient (Wildman–Crippen LogP) is 3.93. The molecule has 0 radical (unpaired) electrons. The van der Waals surface area contributed by atoms with Gasteiger partial charge in [0.25, 0.3) is 0 Å². The van der Waals surface area contributed by atoms with E-state index in [9.17, 15) is 13.2 Å². The van der Waals surface area contributed by atoms with Crippen LogP contribution >= 0.6 is 34.2 Å². The number of benzene rings is 1. The van der Waals surface area contributed by atoms with Crippen LogP contribution in [0.3, 0.4) is 0 Å². The molecule has 1 aromatic rings. The minimum absolute atomic E-state index is 0.160. The molecule has 0 amide bonds. The fourth-order valence-electron chi connectivity index (χ4n) is 0.863. The summed E-state index contributed by atoms with van der Waals surface area (Å²) in [6, 6.07) is 4.38. The van der Waals surface area contributed by atoms with Crippen LogP contribution in [0.25, 0.3) is 0 Å². The van der Waals surface area contributed by atoms with Gasteiger partial charge in [-0.05, 0) is 34.2 Å². The number of halogens is 5. The maximum absolute atomic E-state index is 11.9. The standard InChI is InChI=1S/C8H5ClF3IO/c9-4-5-2-1-3-6(7(5)13)14-8(10,11)12/h1-3H,4H2. The first-order valence-corrected chi connectivity index (χ1v) is 5.14. The van der Waals surface area contributed by atoms with E-state index in [1.165, 1.54) is 12.1 Å². The largest absolute Gasteiger partial charge is 0.573 e. The molecule has 1 rings (SSSR count). The molecule has 0 bridgehead atoms. The molecule has 0 heterocycles. The van der Waals surface area contributed by atoms with E-state index in [1.807, 2.05) is 0 Å². The fraction of sp³-hybridized carbons (Fsp3) is 0.250. The van der Waals surface area contributed by atoms with Crippen molar-refractivity contribution in [2.45, 2.75) is 12.2 Å². The molecule has 0 aromatic heterocycles. The average molecular weight is 336 g/mol. The normalized spacial score (nSPS) is 11.5. The minimum Gasteiger partial charge on any atom is -0.405 e.